The predicted octanol–water partition coefficient (Wildman–Crippen LogP) is 3.79. The van der Waals surface area contributed by atoms with Gasteiger partial charge in [0.05, 0.1) is 0 Å². The molecule has 2 aromatic heterocycles. The molecule has 102 valence electrons. The fourth-order valence-electron chi connectivity index (χ4n) is 1.85. The maximum Gasteiger partial charge on any atom is 0.255 e. The Morgan fingerprint density at radius 3 is 2.75 bits per heavy atom. The summed E-state index contributed by atoms with van der Waals surface area (Å²) in [7, 11) is 0. The minimum absolute atomic E-state index is 0.395. The van der Waals surface area contributed by atoms with Crippen LogP contribution < -0.4 is 5.32 Å². The van der Waals surface area contributed by atoms with E-state index in [1.54, 1.807) is 4.52 Å². The van der Waals surface area contributed by atoms with Gasteiger partial charge in [-0.1, -0.05) is 29.3 Å². The fourth-order valence-corrected chi connectivity index (χ4v) is 2.20. The molecule has 5 nitrogen and oxygen atoms in total. The Labute approximate surface area is 125 Å². The topological polar surface area (TPSA) is 55.1 Å². The number of nitrogens with one attached hydrogen (secondary N) is 1. The average Bonchev–Trinajstić information content (AvgIpc) is 2.87. The zero-order valence-corrected chi connectivity index (χ0v) is 12.4. The van der Waals surface area contributed by atoms with Crippen molar-refractivity contribution >= 4 is 40.5 Å². The Balaban J connectivity index is 2.11. The van der Waals surface area contributed by atoms with Crippen LogP contribution in [0.15, 0.2) is 24.5 Å². The number of fused-ring (bicyclic) bond motifs is 1. The van der Waals surface area contributed by atoms with Crippen molar-refractivity contribution in [3.05, 3.63) is 45.8 Å². The summed E-state index contributed by atoms with van der Waals surface area (Å²) in [6.07, 6.45) is 1.44. The molecule has 0 aliphatic rings. The van der Waals surface area contributed by atoms with Crippen LogP contribution in [0.1, 0.15) is 11.1 Å². The zero-order valence-electron chi connectivity index (χ0n) is 10.9. The van der Waals surface area contributed by atoms with Gasteiger partial charge in [0.15, 0.2) is 0 Å². The molecule has 0 saturated carbocycles. The summed E-state index contributed by atoms with van der Waals surface area (Å²) in [5, 5.41) is 8.50. The summed E-state index contributed by atoms with van der Waals surface area (Å²) in [5.41, 5.74) is 2.66. The molecule has 0 atom stereocenters. The molecule has 0 radical (unpaired) electrons. The molecule has 2 heterocycles. The Morgan fingerprint density at radius 1 is 1.20 bits per heavy atom. The summed E-state index contributed by atoms with van der Waals surface area (Å²) >= 11 is 12.2. The number of aromatic nitrogens is 4. The van der Waals surface area contributed by atoms with Crippen molar-refractivity contribution in [1.29, 1.82) is 0 Å². The van der Waals surface area contributed by atoms with E-state index in [4.69, 9.17) is 23.2 Å². The lowest BCUT2D eigenvalue weighted by atomic mass is 10.2. The first-order valence-corrected chi connectivity index (χ1v) is 6.71. The lowest BCUT2D eigenvalue weighted by Gasteiger charge is -2.12. The molecule has 0 amide bonds. The number of hydrogen-bond donors (Lipinski definition) is 1. The first kappa shape index (κ1) is 13.1. The van der Waals surface area contributed by atoms with E-state index >= 15 is 0 Å². The maximum absolute atomic E-state index is 6.14. The van der Waals surface area contributed by atoms with Gasteiger partial charge in [0, 0.05) is 16.3 Å². The quantitative estimate of drug-likeness (QED) is 0.732. The molecule has 3 rings (SSSR count). The molecule has 0 spiro atoms. The minimum Gasteiger partial charge on any atom is -0.340 e. The molecule has 0 aliphatic carbocycles. The molecule has 0 fully saturated rings. The maximum atomic E-state index is 6.14. The van der Waals surface area contributed by atoms with E-state index in [2.05, 4.69) is 20.4 Å². The summed E-state index contributed by atoms with van der Waals surface area (Å²) in [5.74, 6) is 1.17. The molecule has 1 N–H and O–H groups in total. The first-order valence-electron chi connectivity index (χ1n) is 5.95. The van der Waals surface area contributed by atoms with Crippen molar-refractivity contribution in [2.45, 2.75) is 13.8 Å². The van der Waals surface area contributed by atoms with Gasteiger partial charge < -0.3 is 5.32 Å². The van der Waals surface area contributed by atoms with Crippen LogP contribution >= 0.6 is 23.2 Å². The normalized spacial score (nSPS) is 11.0. The molecular formula is C13H11Cl2N5. The van der Waals surface area contributed by atoms with Crippen molar-refractivity contribution in [2.75, 3.05) is 5.32 Å². The van der Waals surface area contributed by atoms with E-state index in [-0.39, 0.29) is 0 Å². The van der Waals surface area contributed by atoms with Crippen LogP contribution in [-0.4, -0.2) is 19.6 Å². The molecule has 0 saturated heterocycles. The van der Waals surface area contributed by atoms with Gasteiger partial charge in [-0.2, -0.15) is 19.6 Å². The predicted molar refractivity (Wildman–Crippen MR) is 80.0 cm³/mol. The van der Waals surface area contributed by atoms with Crippen LogP contribution in [0, 0.1) is 13.8 Å². The lowest BCUT2D eigenvalue weighted by Crippen LogP contribution is -2.05. The van der Waals surface area contributed by atoms with E-state index < -0.39 is 0 Å². The number of hydrogen-bond acceptors (Lipinski definition) is 4. The average molecular weight is 308 g/mol. The van der Waals surface area contributed by atoms with E-state index in [9.17, 15) is 0 Å². The smallest absolute Gasteiger partial charge is 0.255 e. The van der Waals surface area contributed by atoms with Gasteiger partial charge in [-0.25, -0.2) is 0 Å². The van der Waals surface area contributed by atoms with Gasteiger partial charge >= 0.3 is 0 Å². The van der Waals surface area contributed by atoms with Crippen LogP contribution in [0.3, 0.4) is 0 Å². The highest BCUT2D eigenvalue weighted by molar-refractivity contribution is 6.31. The summed E-state index contributed by atoms with van der Waals surface area (Å²) < 4.78 is 1.61. The van der Waals surface area contributed by atoms with Crippen LogP contribution in [0.5, 0.6) is 0 Å². The Bertz CT molecular complexity index is 797. The van der Waals surface area contributed by atoms with Gasteiger partial charge in [0.25, 0.3) is 5.78 Å². The van der Waals surface area contributed by atoms with E-state index in [0.717, 1.165) is 22.6 Å². The molecule has 1 aromatic carbocycles. The van der Waals surface area contributed by atoms with Crippen molar-refractivity contribution in [3.8, 4) is 0 Å². The summed E-state index contributed by atoms with van der Waals surface area (Å²) in [6.45, 7) is 3.82. The van der Waals surface area contributed by atoms with Crippen molar-refractivity contribution in [1.82, 2.24) is 19.6 Å². The second-order valence-corrected chi connectivity index (χ2v) is 5.20. The largest absolute Gasteiger partial charge is 0.340 e. The first-order chi connectivity index (χ1) is 9.56. The molecule has 3 aromatic rings. The Kier molecular flexibility index (Phi) is 3.23. The van der Waals surface area contributed by atoms with E-state index in [0.29, 0.717) is 16.0 Å². The standard InChI is InChI=1S/C13H11Cl2N5/c1-7-3-4-9(5-10(7)14)18-12-8(2)11(15)19-13-16-6-17-20(12)13/h3-6,18H,1-2H3. The SMILES string of the molecule is Cc1ccc(Nc2c(C)c(Cl)nc3ncnn23)cc1Cl. The summed E-state index contributed by atoms with van der Waals surface area (Å²) in [6, 6.07) is 5.74. The van der Waals surface area contributed by atoms with Gasteiger partial charge in [0.2, 0.25) is 0 Å². The summed E-state index contributed by atoms with van der Waals surface area (Å²) in [4.78, 5) is 8.20. The van der Waals surface area contributed by atoms with Crippen molar-refractivity contribution < 1.29 is 0 Å². The van der Waals surface area contributed by atoms with Crippen molar-refractivity contribution in [2.24, 2.45) is 0 Å². The zero-order chi connectivity index (χ0) is 14.3. The third-order valence-corrected chi connectivity index (χ3v) is 3.81. The second-order valence-electron chi connectivity index (χ2n) is 4.44. The third kappa shape index (κ3) is 2.19. The molecular weight excluding hydrogens is 297 g/mol. The molecule has 20 heavy (non-hydrogen) atoms. The molecule has 0 bridgehead atoms. The van der Waals surface area contributed by atoms with Crippen LogP contribution in [0.25, 0.3) is 5.78 Å². The molecule has 0 aliphatic heterocycles. The Morgan fingerprint density at radius 2 is 2.00 bits per heavy atom. The Hall–Kier alpha value is -1.85. The third-order valence-electron chi connectivity index (χ3n) is 3.04. The monoisotopic (exact) mass is 307 g/mol. The van der Waals surface area contributed by atoms with Crippen LogP contribution in [-0.2, 0) is 0 Å². The minimum atomic E-state index is 0.395. The number of nitrogens with zero attached hydrogens (tertiary/aromatic N) is 4. The van der Waals surface area contributed by atoms with Crippen molar-refractivity contribution in [3.63, 3.8) is 0 Å². The van der Waals surface area contributed by atoms with Crippen LogP contribution in [0.4, 0.5) is 11.5 Å². The second kappa shape index (κ2) is 4.92. The van der Waals surface area contributed by atoms with Gasteiger partial charge in [0.1, 0.15) is 17.3 Å². The van der Waals surface area contributed by atoms with E-state index in [1.807, 2.05) is 32.0 Å². The van der Waals surface area contributed by atoms with Crippen LogP contribution in [0.2, 0.25) is 10.2 Å². The van der Waals surface area contributed by atoms with Gasteiger partial charge in [-0.15, -0.1) is 0 Å². The van der Waals surface area contributed by atoms with Gasteiger partial charge in [-0.3, -0.25) is 0 Å². The van der Waals surface area contributed by atoms with E-state index in [1.165, 1.54) is 6.33 Å². The number of anilines is 2. The van der Waals surface area contributed by atoms with Gasteiger partial charge in [-0.05, 0) is 31.5 Å². The molecule has 0 unspecified atom stereocenters. The number of rotatable bonds is 2. The molecule has 7 heteroatoms. The highest BCUT2D eigenvalue weighted by Gasteiger charge is 2.12. The number of halogens is 2. The fraction of sp³-hybridized carbons (Fsp3) is 0.154. The highest BCUT2D eigenvalue weighted by Crippen LogP contribution is 2.27. The number of aryl methyl sites for hydroxylation is 1. The number of benzene rings is 1. The lowest BCUT2D eigenvalue weighted by molar-refractivity contribution is 0.936. The highest BCUT2D eigenvalue weighted by atomic mass is 35.5.